The van der Waals surface area contributed by atoms with Crippen molar-refractivity contribution in [1.29, 1.82) is 0 Å². The lowest BCUT2D eigenvalue weighted by Crippen LogP contribution is -2.25. The van der Waals surface area contributed by atoms with Gasteiger partial charge in [0, 0.05) is 21.7 Å². The third-order valence-electron chi connectivity index (χ3n) is 3.63. The molecule has 0 unspecified atom stereocenters. The molecule has 1 heterocycles. The number of carbonyl (C=O) groups is 2. The molecule has 27 heavy (non-hydrogen) atoms. The summed E-state index contributed by atoms with van der Waals surface area (Å²) in [5.74, 6) is 0.318. The molecule has 0 saturated heterocycles. The van der Waals surface area contributed by atoms with Gasteiger partial charge in [0.1, 0.15) is 18.5 Å². The Hall–Kier alpha value is -2.38. The Balaban J connectivity index is 1.46. The lowest BCUT2D eigenvalue weighted by molar-refractivity contribution is -0.146. The fraction of sp³-hybridized carbons (Fsp3) is 0.263. The van der Waals surface area contributed by atoms with Gasteiger partial charge in [0.15, 0.2) is 18.1 Å². The summed E-state index contributed by atoms with van der Waals surface area (Å²) in [5.41, 5.74) is 0.545. The Labute approximate surface area is 166 Å². The van der Waals surface area contributed by atoms with Gasteiger partial charge < -0.3 is 19.5 Å². The first-order valence-corrected chi connectivity index (χ1v) is 9.55. The summed E-state index contributed by atoms with van der Waals surface area (Å²) in [6, 6.07) is 12.3. The van der Waals surface area contributed by atoms with Gasteiger partial charge in [0.05, 0.1) is 0 Å². The first-order valence-electron chi connectivity index (χ1n) is 8.29. The van der Waals surface area contributed by atoms with E-state index in [1.807, 2.05) is 12.1 Å². The molecule has 0 spiro atoms. The smallest absolute Gasteiger partial charge is 0.319 e. The molecule has 8 heteroatoms. The van der Waals surface area contributed by atoms with Crippen molar-refractivity contribution in [1.82, 2.24) is 0 Å². The zero-order valence-corrected chi connectivity index (χ0v) is 16.1. The number of ether oxygens (including phenoxy) is 3. The quantitative estimate of drug-likeness (QED) is 0.580. The van der Waals surface area contributed by atoms with Crippen molar-refractivity contribution in [2.45, 2.75) is 17.1 Å². The maximum atomic E-state index is 12.1. The minimum Gasteiger partial charge on any atom is -0.486 e. The van der Waals surface area contributed by atoms with E-state index in [4.69, 9.17) is 25.8 Å². The van der Waals surface area contributed by atoms with Gasteiger partial charge in [-0.2, -0.15) is 0 Å². The van der Waals surface area contributed by atoms with E-state index >= 15 is 0 Å². The number of halogens is 1. The van der Waals surface area contributed by atoms with Crippen molar-refractivity contribution in [3.8, 4) is 11.5 Å². The van der Waals surface area contributed by atoms with Crippen molar-refractivity contribution < 1.29 is 23.8 Å². The molecule has 0 bridgehead atoms. The highest BCUT2D eigenvalue weighted by molar-refractivity contribution is 8.00. The second-order valence-corrected chi connectivity index (χ2v) is 7.58. The van der Waals surface area contributed by atoms with Crippen LogP contribution in [-0.2, 0) is 14.3 Å². The molecule has 6 nitrogen and oxygen atoms in total. The zero-order chi connectivity index (χ0) is 19.2. The highest BCUT2D eigenvalue weighted by Crippen LogP contribution is 2.32. The number of amides is 1. The van der Waals surface area contributed by atoms with Crippen LogP contribution in [-0.4, -0.2) is 36.9 Å². The van der Waals surface area contributed by atoms with E-state index in [-0.39, 0.29) is 6.61 Å². The number of benzene rings is 2. The minimum atomic E-state index is -0.465. The zero-order valence-electron chi connectivity index (χ0n) is 14.6. The van der Waals surface area contributed by atoms with Gasteiger partial charge in [-0.3, -0.25) is 9.59 Å². The fourth-order valence-corrected chi connectivity index (χ4v) is 3.33. The standard InChI is InChI=1S/C19H18ClNO5S/c1-12(27-15-5-2-13(20)3-6-15)19(23)26-11-18(22)21-14-4-7-16-17(10-14)25-9-8-24-16/h2-7,10,12H,8-9,11H2,1H3,(H,21,22)/t12-/m1/s1. The molecule has 0 fully saturated rings. The van der Waals surface area contributed by atoms with Crippen molar-refractivity contribution in [2.75, 3.05) is 25.1 Å². The second kappa shape index (κ2) is 9.01. The van der Waals surface area contributed by atoms with E-state index in [2.05, 4.69) is 5.32 Å². The van der Waals surface area contributed by atoms with Crippen LogP contribution >= 0.6 is 23.4 Å². The minimum absolute atomic E-state index is 0.362. The van der Waals surface area contributed by atoms with Crippen molar-refractivity contribution >= 4 is 40.9 Å². The van der Waals surface area contributed by atoms with E-state index in [0.717, 1.165) is 4.90 Å². The number of hydrogen-bond acceptors (Lipinski definition) is 6. The molecule has 0 aromatic heterocycles. The van der Waals surface area contributed by atoms with Crippen LogP contribution in [0.2, 0.25) is 5.02 Å². The van der Waals surface area contributed by atoms with Gasteiger partial charge in [-0.1, -0.05) is 11.6 Å². The summed E-state index contributed by atoms with van der Waals surface area (Å²) in [7, 11) is 0. The van der Waals surface area contributed by atoms with Gasteiger partial charge in [0.2, 0.25) is 0 Å². The Kier molecular flexibility index (Phi) is 6.47. The Morgan fingerprint density at radius 3 is 2.59 bits per heavy atom. The highest BCUT2D eigenvalue weighted by atomic mass is 35.5. The summed E-state index contributed by atoms with van der Waals surface area (Å²) in [6.45, 7) is 2.32. The summed E-state index contributed by atoms with van der Waals surface area (Å²) in [5, 5.41) is 2.85. The highest BCUT2D eigenvalue weighted by Gasteiger charge is 2.18. The van der Waals surface area contributed by atoms with E-state index in [1.165, 1.54) is 11.8 Å². The second-order valence-electron chi connectivity index (χ2n) is 5.73. The first-order chi connectivity index (χ1) is 13.0. The average molecular weight is 408 g/mol. The Morgan fingerprint density at radius 2 is 1.85 bits per heavy atom. The molecular weight excluding hydrogens is 390 g/mol. The van der Waals surface area contributed by atoms with Crippen LogP contribution in [0.15, 0.2) is 47.4 Å². The normalized spacial score (nSPS) is 13.6. The third-order valence-corrected chi connectivity index (χ3v) is 4.97. The van der Waals surface area contributed by atoms with E-state index in [9.17, 15) is 9.59 Å². The summed E-state index contributed by atoms with van der Waals surface area (Å²) < 4.78 is 16.0. The SMILES string of the molecule is C[C@@H](Sc1ccc(Cl)cc1)C(=O)OCC(=O)Nc1ccc2c(c1)OCCO2. The summed E-state index contributed by atoms with van der Waals surface area (Å²) in [6.07, 6.45) is 0. The van der Waals surface area contributed by atoms with Crippen molar-refractivity contribution in [3.63, 3.8) is 0 Å². The number of fused-ring (bicyclic) bond motifs is 1. The lowest BCUT2D eigenvalue weighted by Gasteiger charge is -2.19. The van der Waals surface area contributed by atoms with Crippen LogP contribution < -0.4 is 14.8 Å². The van der Waals surface area contributed by atoms with Crippen molar-refractivity contribution in [2.24, 2.45) is 0 Å². The molecule has 1 aliphatic rings. The molecule has 0 saturated carbocycles. The molecule has 3 rings (SSSR count). The Bertz CT molecular complexity index is 827. The fourth-order valence-electron chi connectivity index (χ4n) is 2.34. The summed E-state index contributed by atoms with van der Waals surface area (Å²) in [4.78, 5) is 25.0. The number of thioether (sulfide) groups is 1. The number of anilines is 1. The van der Waals surface area contributed by atoms with E-state index in [1.54, 1.807) is 37.3 Å². The Morgan fingerprint density at radius 1 is 1.15 bits per heavy atom. The first kappa shape index (κ1) is 19.4. The number of hydrogen-bond donors (Lipinski definition) is 1. The maximum Gasteiger partial charge on any atom is 0.319 e. The van der Waals surface area contributed by atoms with Crippen LogP contribution in [0.3, 0.4) is 0 Å². The van der Waals surface area contributed by atoms with Gasteiger partial charge >= 0.3 is 5.97 Å². The van der Waals surface area contributed by atoms with Gasteiger partial charge in [-0.05, 0) is 43.3 Å². The number of carbonyl (C=O) groups excluding carboxylic acids is 2. The maximum absolute atomic E-state index is 12.1. The van der Waals surface area contributed by atoms with Crippen LogP contribution in [0, 0.1) is 0 Å². The topological polar surface area (TPSA) is 73.9 Å². The predicted octanol–water partition coefficient (Wildman–Crippen LogP) is 3.77. The molecule has 1 N–H and O–H groups in total. The van der Waals surface area contributed by atoms with Gasteiger partial charge in [0.25, 0.3) is 5.91 Å². The molecule has 1 atom stereocenters. The van der Waals surface area contributed by atoms with Crippen LogP contribution in [0.5, 0.6) is 11.5 Å². The van der Waals surface area contributed by atoms with Crippen LogP contribution in [0.4, 0.5) is 5.69 Å². The lowest BCUT2D eigenvalue weighted by atomic mass is 10.2. The van der Waals surface area contributed by atoms with Crippen LogP contribution in [0.1, 0.15) is 6.92 Å². The van der Waals surface area contributed by atoms with Gasteiger partial charge in [-0.25, -0.2) is 0 Å². The van der Waals surface area contributed by atoms with E-state index < -0.39 is 17.1 Å². The van der Waals surface area contributed by atoms with Crippen LogP contribution in [0.25, 0.3) is 0 Å². The molecular formula is C19H18ClNO5S. The van der Waals surface area contributed by atoms with E-state index in [0.29, 0.717) is 35.4 Å². The molecule has 142 valence electrons. The number of rotatable bonds is 6. The molecule has 0 radical (unpaired) electrons. The molecule has 1 aliphatic heterocycles. The number of esters is 1. The molecule has 2 aromatic rings. The predicted molar refractivity (Wildman–Crippen MR) is 104 cm³/mol. The summed E-state index contributed by atoms with van der Waals surface area (Å²) >= 11 is 7.18. The molecule has 1 amide bonds. The third kappa shape index (κ3) is 5.55. The van der Waals surface area contributed by atoms with Gasteiger partial charge in [-0.15, -0.1) is 11.8 Å². The molecule has 2 aromatic carbocycles. The number of nitrogens with one attached hydrogen (secondary N) is 1. The molecule has 0 aliphatic carbocycles. The largest absolute Gasteiger partial charge is 0.486 e. The average Bonchev–Trinajstić information content (AvgIpc) is 2.67. The van der Waals surface area contributed by atoms with Crippen molar-refractivity contribution in [3.05, 3.63) is 47.5 Å². The monoisotopic (exact) mass is 407 g/mol.